The molecule has 1 fully saturated rings. The lowest BCUT2D eigenvalue weighted by molar-refractivity contribution is -0.0143. The smallest absolute Gasteiger partial charge is 0.132 e. The van der Waals surface area contributed by atoms with Crippen molar-refractivity contribution in [1.82, 2.24) is 19.9 Å². The molecule has 0 amide bonds. The maximum atomic E-state index is 10.4. The summed E-state index contributed by atoms with van der Waals surface area (Å²) in [7, 11) is 0. The van der Waals surface area contributed by atoms with E-state index in [1.807, 2.05) is 17.0 Å². The van der Waals surface area contributed by atoms with Crippen molar-refractivity contribution >= 4 is 5.82 Å². The molecule has 21 heavy (non-hydrogen) atoms. The van der Waals surface area contributed by atoms with Crippen LogP contribution in [0.5, 0.6) is 0 Å². The zero-order chi connectivity index (χ0) is 14.7. The molecule has 3 rings (SSSR count). The standard InChI is InChI=1S/C14H17N5O2/c1-14(20)7-19(13-3-5-16-10-18-13)12(6-21-8-14)11-2-4-15-9-17-11/h2-5,9-10,12,20H,6-8H2,1H3. The van der Waals surface area contributed by atoms with Crippen LogP contribution in [0.4, 0.5) is 5.82 Å². The fraction of sp³-hybridized carbons (Fsp3) is 0.429. The molecule has 7 heteroatoms. The van der Waals surface area contributed by atoms with Crippen LogP contribution in [-0.4, -0.2) is 50.4 Å². The van der Waals surface area contributed by atoms with Gasteiger partial charge in [-0.05, 0) is 19.1 Å². The molecule has 7 nitrogen and oxygen atoms in total. The second-order valence-corrected chi connectivity index (χ2v) is 5.36. The first-order chi connectivity index (χ1) is 10.2. The number of hydrogen-bond acceptors (Lipinski definition) is 7. The van der Waals surface area contributed by atoms with E-state index in [9.17, 15) is 5.11 Å². The van der Waals surface area contributed by atoms with Crippen LogP contribution in [0, 0.1) is 0 Å². The number of aromatic nitrogens is 4. The molecule has 1 N–H and O–H groups in total. The van der Waals surface area contributed by atoms with E-state index < -0.39 is 5.60 Å². The van der Waals surface area contributed by atoms with E-state index in [1.54, 1.807) is 19.3 Å². The van der Waals surface area contributed by atoms with Gasteiger partial charge in [-0.15, -0.1) is 0 Å². The highest BCUT2D eigenvalue weighted by Gasteiger charge is 2.34. The lowest BCUT2D eigenvalue weighted by atomic mass is 10.1. The summed E-state index contributed by atoms with van der Waals surface area (Å²) in [6.45, 7) is 2.86. The van der Waals surface area contributed by atoms with Crippen LogP contribution in [0.3, 0.4) is 0 Å². The normalized spacial score (nSPS) is 26.4. The third-order valence-electron chi connectivity index (χ3n) is 3.38. The summed E-state index contributed by atoms with van der Waals surface area (Å²) in [6.07, 6.45) is 6.38. The lowest BCUT2D eigenvalue weighted by Crippen LogP contribution is -2.43. The van der Waals surface area contributed by atoms with Crippen molar-refractivity contribution in [3.05, 3.63) is 42.9 Å². The monoisotopic (exact) mass is 287 g/mol. The maximum Gasteiger partial charge on any atom is 0.132 e. The Morgan fingerprint density at radius 2 is 2.00 bits per heavy atom. The van der Waals surface area contributed by atoms with Crippen molar-refractivity contribution in [2.24, 2.45) is 0 Å². The Hall–Kier alpha value is -2.12. The Morgan fingerprint density at radius 3 is 2.67 bits per heavy atom. The van der Waals surface area contributed by atoms with Crippen molar-refractivity contribution in [1.29, 1.82) is 0 Å². The molecule has 2 aromatic rings. The van der Waals surface area contributed by atoms with E-state index in [4.69, 9.17) is 4.74 Å². The van der Waals surface area contributed by atoms with Gasteiger partial charge in [-0.3, -0.25) is 0 Å². The van der Waals surface area contributed by atoms with Crippen LogP contribution in [-0.2, 0) is 4.74 Å². The molecule has 2 atom stereocenters. The minimum Gasteiger partial charge on any atom is -0.386 e. The number of hydrogen-bond donors (Lipinski definition) is 1. The Kier molecular flexibility index (Phi) is 3.76. The lowest BCUT2D eigenvalue weighted by Gasteiger charge is -2.33. The minimum atomic E-state index is -0.952. The largest absolute Gasteiger partial charge is 0.386 e. The second-order valence-electron chi connectivity index (χ2n) is 5.36. The highest BCUT2D eigenvalue weighted by atomic mass is 16.5. The second kappa shape index (κ2) is 5.71. The summed E-state index contributed by atoms with van der Waals surface area (Å²) in [6, 6.07) is 3.54. The fourth-order valence-electron chi connectivity index (χ4n) is 2.44. The number of rotatable bonds is 2. The Labute approximate surface area is 122 Å². The predicted octanol–water partition coefficient (Wildman–Crippen LogP) is 0.595. The maximum absolute atomic E-state index is 10.4. The predicted molar refractivity (Wildman–Crippen MR) is 75.6 cm³/mol. The quantitative estimate of drug-likeness (QED) is 0.865. The molecule has 1 aliphatic heterocycles. The number of nitrogens with zero attached hydrogens (tertiary/aromatic N) is 5. The molecule has 3 heterocycles. The van der Waals surface area contributed by atoms with E-state index in [2.05, 4.69) is 19.9 Å². The summed E-state index contributed by atoms with van der Waals surface area (Å²) in [5.41, 5.74) is -0.117. The SMILES string of the molecule is CC1(O)COCC(c2ccncn2)N(c2ccncn2)C1. The van der Waals surface area contributed by atoms with Gasteiger partial charge < -0.3 is 14.7 Å². The van der Waals surface area contributed by atoms with Gasteiger partial charge in [0.2, 0.25) is 0 Å². The average Bonchev–Trinajstić information content (AvgIpc) is 2.67. The zero-order valence-corrected chi connectivity index (χ0v) is 11.8. The molecule has 110 valence electrons. The van der Waals surface area contributed by atoms with E-state index >= 15 is 0 Å². The Balaban J connectivity index is 1.99. The first-order valence-electron chi connectivity index (χ1n) is 6.74. The summed E-state index contributed by atoms with van der Waals surface area (Å²) in [4.78, 5) is 18.5. The molecular formula is C14H17N5O2. The zero-order valence-electron chi connectivity index (χ0n) is 11.8. The molecule has 0 radical (unpaired) electrons. The number of anilines is 1. The van der Waals surface area contributed by atoms with Gasteiger partial charge in [-0.1, -0.05) is 0 Å². The van der Waals surface area contributed by atoms with Crippen LogP contribution < -0.4 is 4.90 Å². The summed E-state index contributed by atoms with van der Waals surface area (Å²) in [5.74, 6) is 0.736. The van der Waals surface area contributed by atoms with Gasteiger partial charge in [0, 0.05) is 12.4 Å². The highest BCUT2D eigenvalue weighted by Crippen LogP contribution is 2.29. The molecule has 2 aromatic heterocycles. The topological polar surface area (TPSA) is 84.3 Å². The van der Waals surface area contributed by atoms with Crippen molar-refractivity contribution in [2.45, 2.75) is 18.6 Å². The van der Waals surface area contributed by atoms with Crippen LogP contribution >= 0.6 is 0 Å². The summed E-state index contributed by atoms with van der Waals surface area (Å²) < 4.78 is 5.63. The van der Waals surface area contributed by atoms with E-state index in [-0.39, 0.29) is 12.6 Å². The molecule has 2 unspecified atom stereocenters. The van der Waals surface area contributed by atoms with Crippen LogP contribution in [0.2, 0.25) is 0 Å². The number of β-amino-alcohol motifs (C(OH)–C–C–N with tert-alkyl or cyclic N) is 1. The number of aliphatic hydroxyl groups is 1. The average molecular weight is 287 g/mol. The van der Waals surface area contributed by atoms with E-state index in [1.165, 1.54) is 12.7 Å². The Morgan fingerprint density at radius 1 is 1.24 bits per heavy atom. The van der Waals surface area contributed by atoms with E-state index in [0.29, 0.717) is 13.2 Å². The van der Waals surface area contributed by atoms with Crippen LogP contribution in [0.25, 0.3) is 0 Å². The van der Waals surface area contributed by atoms with Crippen molar-refractivity contribution in [3.63, 3.8) is 0 Å². The molecule has 1 aliphatic rings. The third-order valence-corrected chi connectivity index (χ3v) is 3.38. The van der Waals surface area contributed by atoms with Gasteiger partial charge in [0.1, 0.15) is 24.1 Å². The molecule has 0 spiro atoms. The first-order valence-corrected chi connectivity index (χ1v) is 6.74. The number of ether oxygens (including phenoxy) is 1. The van der Waals surface area contributed by atoms with Crippen molar-refractivity contribution in [2.75, 3.05) is 24.7 Å². The molecular weight excluding hydrogens is 270 g/mol. The highest BCUT2D eigenvalue weighted by molar-refractivity contribution is 5.41. The van der Waals surface area contributed by atoms with Gasteiger partial charge in [0.05, 0.1) is 31.5 Å². The van der Waals surface area contributed by atoms with Crippen LogP contribution in [0.15, 0.2) is 37.2 Å². The van der Waals surface area contributed by atoms with Gasteiger partial charge >= 0.3 is 0 Å². The van der Waals surface area contributed by atoms with Gasteiger partial charge in [-0.25, -0.2) is 19.9 Å². The van der Waals surface area contributed by atoms with Crippen LogP contribution in [0.1, 0.15) is 18.7 Å². The molecule has 0 saturated carbocycles. The van der Waals surface area contributed by atoms with Gasteiger partial charge in [0.25, 0.3) is 0 Å². The summed E-state index contributed by atoms with van der Waals surface area (Å²) in [5, 5.41) is 10.4. The van der Waals surface area contributed by atoms with Gasteiger partial charge in [-0.2, -0.15) is 0 Å². The minimum absolute atomic E-state index is 0.128. The Bertz CT molecular complexity index is 578. The van der Waals surface area contributed by atoms with Crippen molar-refractivity contribution in [3.8, 4) is 0 Å². The van der Waals surface area contributed by atoms with Gasteiger partial charge in [0.15, 0.2) is 0 Å². The van der Waals surface area contributed by atoms with Crippen molar-refractivity contribution < 1.29 is 9.84 Å². The fourth-order valence-corrected chi connectivity index (χ4v) is 2.44. The van der Waals surface area contributed by atoms with E-state index in [0.717, 1.165) is 11.5 Å². The molecule has 0 aromatic carbocycles. The summed E-state index contributed by atoms with van der Waals surface area (Å²) >= 11 is 0. The molecule has 0 bridgehead atoms. The molecule has 0 aliphatic carbocycles. The third kappa shape index (κ3) is 3.14. The molecule has 1 saturated heterocycles. The first kappa shape index (κ1) is 13.8.